The summed E-state index contributed by atoms with van der Waals surface area (Å²) in [5.74, 6) is -1.18. The molecule has 0 bridgehead atoms. The summed E-state index contributed by atoms with van der Waals surface area (Å²) in [5, 5.41) is 0. The van der Waals surface area contributed by atoms with Crippen molar-refractivity contribution in [2.45, 2.75) is 4.90 Å². The highest BCUT2D eigenvalue weighted by Crippen LogP contribution is 2.22. The summed E-state index contributed by atoms with van der Waals surface area (Å²) >= 11 is 0. The number of sulfonamides is 1. The fourth-order valence-corrected chi connectivity index (χ4v) is 5.11. The minimum atomic E-state index is -3.74. The molecule has 0 spiro atoms. The molecule has 0 unspecified atom stereocenters. The van der Waals surface area contributed by atoms with Gasteiger partial charge >= 0.3 is 0 Å². The van der Waals surface area contributed by atoms with Crippen LogP contribution in [0, 0.1) is 5.82 Å². The van der Waals surface area contributed by atoms with Gasteiger partial charge in [-0.05, 0) is 30.3 Å². The maximum absolute atomic E-state index is 13.4. The average molecular weight is 417 g/mol. The Morgan fingerprint density at radius 2 is 1.45 bits per heavy atom. The van der Waals surface area contributed by atoms with Gasteiger partial charge in [-0.2, -0.15) is 4.31 Å². The molecule has 4 rings (SSSR count). The van der Waals surface area contributed by atoms with E-state index in [9.17, 15) is 22.4 Å². The summed E-state index contributed by atoms with van der Waals surface area (Å²) in [7, 11) is -3.74. The van der Waals surface area contributed by atoms with Crippen molar-refractivity contribution in [1.82, 2.24) is 14.1 Å². The fraction of sp³-hybridized carbons (Fsp3) is 0.300. The summed E-state index contributed by atoms with van der Waals surface area (Å²) in [4.78, 5) is 28.0. The van der Waals surface area contributed by atoms with E-state index in [1.165, 1.54) is 27.4 Å². The number of hydrogen-bond acceptors (Lipinski definition) is 5. The van der Waals surface area contributed by atoms with Gasteiger partial charge in [-0.25, -0.2) is 12.8 Å². The molecule has 0 aliphatic carbocycles. The minimum Gasteiger partial charge on any atom is -0.299 e. The lowest BCUT2D eigenvalue weighted by Gasteiger charge is -2.34. The van der Waals surface area contributed by atoms with Crippen molar-refractivity contribution >= 4 is 21.8 Å². The maximum atomic E-state index is 13.4. The van der Waals surface area contributed by atoms with Crippen LogP contribution in [0.3, 0.4) is 0 Å². The third-order valence-electron chi connectivity index (χ3n) is 5.28. The Labute approximate surface area is 168 Å². The standard InChI is InChI=1S/C20H20FN3O4S/c21-15-4-3-5-16(14-15)29(27,28)23-11-8-22(9-12-23)10-13-24-19(25)17-6-1-2-7-18(17)20(24)26/h1-7,14H,8-13H2. The normalized spacial score (nSPS) is 18.3. The van der Waals surface area contributed by atoms with Gasteiger partial charge in [-0.15, -0.1) is 0 Å². The molecular weight excluding hydrogens is 397 g/mol. The zero-order valence-corrected chi connectivity index (χ0v) is 16.4. The van der Waals surface area contributed by atoms with Crippen LogP contribution in [0.2, 0.25) is 0 Å². The number of imide groups is 1. The molecule has 0 radical (unpaired) electrons. The first-order valence-corrected chi connectivity index (χ1v) is 10.8. The fourth-order valence-electron chi connectivity index (χ4n) is 3.65. The Kier molecular flexibility index (Phi) is 5.20. The Balaban J connectivity index is 1.34. The number of halogens is 1. The van der Waals surface area contributed by atoms with Crippen LogP contribution in [0.1, 0.15) is 20.7 Å². The molecule has 0 N–H and O–H groups in total. The predicted molar refractivity (Wildman–Crippen MR) is 103 cm³/mol. The summed E-state index contributed by atoms with van der Waals surface area (Å²) in [6, 6.07) is 11.7. The van der Waals surface area contributed by atoms with E-state index in [4.69, 9.17) is 0 Å². The molecule has 2 aromatic rings. The summed E-state index contributed by atoms with van der Waals surface area (Å²) < 4.78 is 40.1. The third kappa shape index (κ3) is 3.68. The molecule has 9 heteroatoms. The highest BCUT2D eigenvalue weighted by molar-refractivity contribution is 7.89. The molecule has 0 atom stereocenters. The van der Waals surface area contributed by atoms with Crippen molar-refractivity contribution < 1.29 is 22.4 Å². The molecule has 2 aliphatic rings. The van der Waals surface area contributed by atoms with Gasteiger partial charge < -0.3 is 0 Å². The van der Waals surface area contributed by atoms with E-state index in [2.05, 4.69) is 0 Å². The second kappa shape index (κ2) is 7.66. The Bertz CT molecular complexity index is 1030. The molecule has 1 fully saturated rings. The number of carbonyl (C=O) groups excluding carboxylic acids is 2. The van der Waals surface area contributed by atoms with Crippen LogP contribution in [0.4, 0.5) is 4.39 Å². The number of rotatable bonds is 5. The largest absolute Gasteiger partial charge is 0.299 e. The van der Waals surface area contributed by atoms with Crippen LogP contribution in [-0.2, 0) is 10.0 Å². The van der Waals surface area contributed by atoms with Crippen LogP contribution < -0.4 is 0 Å². The smallest absolute Gasteiger partial charge is 0.261 e. The van der Waals surface area contributed by atoms with Gasteiger partial charge in [0.25, 0.3) is 11.8 Å². The first-order valence-electron chi connectivity index (χ1n) is 9.31. The zero-order valence-electron chi connectivity index (χ0n) is 15.6. The Morgan fingerprint density at radius 3 is 2.03 bits per heavy atom. The van der Waals surface area contributed by atoms with Crippen molar-refractivity contribution in [2.75, 3.05) is 39.3 Å². The summed E-state index contributed by atoms with van der Waals surface area (Å²) in [6.45, 7) is 2.19. The van der Waals surface area contributed by atoms with Crippen molar-refractivity contribution in [3.05, 3.63) is 65.5 Å². The number of nitrogens with zero attached hydrogens (tertiary/aromatic N) is 3. The first-order chi connectivity index (χ1) is 13.9. The Hall–Kier alpha value is -2.62. The number of hydrogen-bond donors (Lipinski definition) is 0. The van der Waals surface area contributed by atoms with E-state index in [0.717, 1.165) is 6.07 Å². The number of benzene rings is 2. The van der Waals surface area contributed by atoms with Gasteiger partial charge in [0.15, 0.2) is 0 Å². The van der Waals surface area contributed by atoms with E-state index in [-0.39, 0.29) is 36.3 Å². The van der Waals surface area contributed by atoms with E-state index < -0.39 is 15.8 Å². The highest BCUT2D eigenvalue weighted by atomic mass is 32.2. The van der Waals surface area contributed by atoms with Crippen LogP contribution in [-0.4, -0.2) is 73.6 Å². The lowest BCUT2D eigenvalue weighted by molar-refractivity contribution is 0.0628. The van der Waals surface area contributed by atoms with Gasteiger partial charge in [-0.3, -0.25) is 19.4 Å². The molecule has 1 saturated heterocycles. The molecule has 2 heterocycles. The molecule has 0 aromatic heterocycles. The molecule has 2 aliphatic heterocycles. The van der Waals surface area contributed by atoms with Crippen LogP contribution in [0.5, 0.6) is 0 Å². The van der Waals surface area contributed by atoms with E-state index >= 15 is 0 Å². The van der Waals surface area contributed by atoms with Crippen molar-refractivity contribution in [1.29, 1.82) is 0 Å². The van der Waals surface area contributed by atoms with Crippen LogP contribution in [0.15, 0.2) is 53.4 Å². The first kappa shape index (κ1) is 19.7. The second-order valence-corrected chi connectivity index (χ2v) is 8.95. The van der Waals surface area contributed by atoms with Gasteiger partial charge in [0, 0.05) is 39.3 Å². The van der Waals surface area contributed by atoms with E-state index in [1.807, 2.05) is 4.90 Å². The van der Waals surface area contributed by atoms with Gasteiger partial charge in [0.2, 0.25) is 10.0 Å². The number of fused-ring (bicyclic) bond motifs is 1. The topological polar surface area (TPSA) is 78.0 Å². The quantitative estimate of drug-likeness (QED) is 0.688. The molecule has 0 saturated carbocycles. The van der Waals surface area contributed by atoms with E-state index in [1.54, 1.807) is 24.3 Å². The molecule has 29 heavy (non-hydrogen) atoms. The van der Waals surface area contributed by atoms with Crippen LogP contribution in [0.25, 0.3) is 0 Å². The lowest BCUT2D eigenvalue weighted by Crippen LogP contribution is -2.50. The van der Waals surface area contributed by atoms with Crippen molar-refractivity contribution in [2.24, 2.45) is 0 Å². The molecule has 152 valence electrons. The predicted octanol–water partition coefficient (Wildman–Crippen LogP) is 1.43. The van der Waals surface area contributed by atoms with Crippen molar-refractivity contribution in [3.63, 3.8) is 0 Å². The minimum absolute atomic E-state index is 0.0584. The number of piperazine rings is 1. The molecule has 2 aromatic carbocycles. The lowest BCUT2D eigenvalue weighted by atomic mass is 10.1. The SMILES string of the molecule is O=C1c2ccccc2C(=O)N1CCN1CCN(S(=O)(=O)c2cccc(F)c2)CC1. The molecule has 7 nitrogen and oxygen atoms in total. The summed E-state index contributed by atoms with van der Waals surface area (Å²) in [5.41, 5.74) is 0.840. The highest BCUT2D eigenvalue weighted by Gasteiger charge is 2.35. The summed E-state index contributed by atoms with van der Waals surface area (Å²) in [6.07, 6.45) is 0. The van der Waals surface area contributed by atoms with E-state index in [0.29, 0.717) is 30.8 Å². The van der Waals surface area contributed by atoms with Gasteiger partial charge in [0.05, 0.1) is 16.0 Å². The number of carbonyl (C=O) groups is 2. The second-order valence-electron chi connectivity index (χ2n) is 7.01. The van der Waals surface area contributed by atoms with Crippen molar-refractivity contribution in [3.8, 4) is 0 Å². The molecular formula is C20H20FN3O4S. The maximum Gasteiger partial charge on any atom is 0.261 e. The number of amides is 2. The van der Waals surface area contributed by atoms with Crippen LogP contribution >= 0.6 is 0 Å². The monoisotopic (exact) mass is 417 g/mol. The van der Waals surface area contributed by atoms with Gasteiger partial charge in [-0.1, -0.05) is 18.2 Å². The Morgan fingerprint density at radius 1 is 0.828 bits per heavy atom. The zero-order chi connectivity index (χ0) is 20.6. The average Bonchev–Trinajstić information content (AvgIpc) is 2.97. The third-order valence-corrected chi connectivity index (χ3v) is 7.18. The van der Waals surface area contributed by atoms with Gasteiger partial charge in [0.1, 0.15) is 5.82 Å². The molecule has 2 amide bonds.